The standard InChI is InChI=1S/C52H74N16O7.ClH/c1-6-26-73-28-30-75-31-29-74-27-17-55-50-56-51(65-22-18-63(19-23-65)48(71)44(32-38-9-13-40(69)14-10-38)67-34-42(59-61-67)46(53)36(4)7-2)58-52(57-50)66-24-20-64(21-25-66)49(72)45(33-39-11-15-41(70)16-12-39)68-35-43(60-62-68)47(54)37(5)8-3;/h1,9-16,34-37,44-47,69-70H,7-8,17-33,53-54H2,2-5H3,(H,55,56,57,58);1H. The van der Waals surface area contributed by atoms with Crippen molar-refractivity contribution in [3.63, 3.8) is 0 Å². The molecule has 76 heavy (non-hydrogen) atoms. The molecule has 23 nitrogen and oxygen atoms in total. The van der Waals surface area contributed by atoms with Crippen LogP contribution in [0.1, 0.15) is 87.2 Å². The number of aromatic nitrogens is 9. The zero-order valence-corrected chi connectivity index (χ0v) is 44.9. The Morgan fingerprint density at radius 1 is 0.645 bits per heavy atom. The number of nitrogens with one attached hydrogen (secondary N) is 1. The topological polar surface area (TPSA) is 279 Å². The molecule has 3 aromatic heterocycles. The molecule has 2 fully saturated rings. The van der Waals surface area contributed by atoms with Gasteiger partial charge in [-0.2, -0.15) is 15.0 Å². The lowest BCUT2D eigenvalue weighted by molar-refractivity contribution is -0.136. The number of hydrogen-bond donors (Lipinski definition) is 5. The largest absolute Gasteiger partial charge is 0.508 e. The van der Waals surface area contributed by atoms with E-state index in [1.807, 2.05) is 19.6 Å². The van der Waals surface area contributed by atoms with E-state index < -0.39 is 12.1 Å². The highest BCUT2D eigenvalue weighted by atomic mass is 35.5. The van der Waals surface area contributed by atoms with Gasteiger partial charge >= 0.3 is 0 Å². The smallest absolute Gasteiger partial charge is 0.247 e. The van der Waals surface area contributed by atoms with Gasteiger partial charge in [0.25, 0.3) is 0 Å². The van der Waals surface area contributed by atoms with E-state index in [9.17, 15) is 19.8 Å². The van der Waals surface area contributed by atoms with Gasteiger partial charge in [-0.05, 0) is 47.2 Å². The van der Waals surface area contributed by atoms with Gasteiger partial charge in [0.15, 0.2) is 0 Å². The number of rotatable bonds is 27. The molecule has 2 amide bonds. The predicted octanol–water partition coefficient (Wildman–Crippen LogP) is 3.34. The van der Waals surface area contributed by atoms with Crippen molar-refractivity contribution in [1.82, 2.24) is 54.7 Å². The minimum absolute atomic E-state index is 0. The molecular weight excluding hydrogens is 996 g/mol. The zero-order chi connectivity index (χ0) is 53.3. The number of terminal acetylenes is 1. The second-order valence-corrected chi connectivity index (χ2v) is 19.1. The fourth-order valence-electron chi connectivity index (χ4n) is 8.78. The van der Waals surface area contributed by atoms with Gasteiger partial charge in [-0.3, -0.25) is 9.59 Å². The van der Waals surface area contributed by atoms with Crippen LogP contribution < -0.4 is 26.6 Å². The second kappa shape index (κ2) is 29.0. The number of halogens is 1. The van der Waals surface area contributed by atoms with Crippen molar-refractivity contribution >= 4 is 42.1 Å². The molecule has 6 atom stereocenters. The van der Waals surface area contributed by atoms with Crippen molar-refractivity contribution in [2.45, 2.75) is 77.5 Å². The van der Waals surface area contributed by atoms with E-state index >= 15 is 0 Å². The lowest BCUT2D eigenvalue weighted by Crippen LogP contribution is -2.52. The summed E-state index contributed by atoms with van der Waals surface area (Å²) < 4.78 is 19.8. The summed E-state index contributed by atoms with van der Waals surface area (Å²) in [5, 5.41) is 40.9. The van der Waals surface area contributed by atoms with Crippen LogP contribution in [0, 0.1) is 24.2 Å². The van der Waals surface area contributed by atoms with Gasteiger partial charge in [0.2, 0.25) is 29.7 Å². The minimum atomic E-state index is -0.706. The predicted molar refractivity (Wildman–Crippen MR) is 289 cm³/mol. The fourth-order valence-corrected chi connectivity index (χ4v) is 8.78. The molecule has 412 valence electrons. The molecule has 5 aromatic rings. The van der Waals surface area contributed by atoms with Crippen LogP contribution in [0.15, 0.2) is 60.9 Å². The Morgan fingerprint density at radius 2 is 1.05 bits per heavy atom. The highest BCUT2D eigenvalue weighted by molar-refractivity contribution is 5.85. The summed E-state index contributed by atoms with van der Waals surface area (Å²) >= 11 is 0. The van der Waals surface area contributed by atoms with Crippen molar-refractivity contribution in [2.24, 2.45) is 23.3 Å². The first kappa shape index (κ1) is 58.6. The van der Waals surface area contributed by atoms with Crippen LogP contribution >= 0.6 is 12.4 Å². The highest BCUT2D eigenvalue weighted by Gasteiger charge is 2.34. The van der Waals surface area contributed by atoms with Gasteiger partial charge in [-0.1, -0.05) is 81.1 Å². The lowest BCUT2D eigenvalue weighted by Gasteiger charge is -2.38. The van der Waals surface area contributed by atoms with Gasteiger partial charge in [0.1, 0.15) is 30.2 Å². The van der Waals surface area contributed by atoms with E-state index in [0.29, 0.717) is 134 Å². The van der Waals surface area contributed by atoms with Crippen LogP contribution in [0.25, 0.3) is 0 Å². The third-order valence-electron chi connectivity index (χ3n) is 14.0. The van der Waals surface area contributed by atoms with Crippen LogP contribution in [-0.4, -0.2) is 175 Å². The van der Waals surface area contributed by atoms with Crippen LogP contribution in [0.4, 0.5) is 17.8 Å². The Kier molecular flexibility index (Phi) is 22.4. The van der Waals surface area contributed by atoms with Crippen LogP contribution in [-0.2, 0) is 36.6 Å². The molecule has 2 aliphatic rings. The Bertz CT molecular complexity index is 2450. The average Bonchev–Trinajstić information content (AvgIpc) is 4.15. The summed E-state index contributed by atoms with van der Waals surface area (Å²) in [7, 11) is 0. The van der Waals surface area contributed by atoms with Crippen LogP contribution in [0.5, 0.6) is 11.5 Å². The number of ether oxygens (including phenoxy) is 3. The number of carbonyl (C=O) groups excluding carboxylic acids is 2. The molecule has 24 heteroatoms. The van der Waals surface area contributed by atoms with Crippen molar-refractivity contribution in [3.8, 4) is 23.8 Å². The Morgan fingerprint density at radius 3 is 1.46 bits per heavy atom. The first-order valence-corrected chi connectivity index (χ1v) is 26.0. The van der Waals surface area contributed by atoms with Gasteiger partial charge in [-0.25, -0.2) is 9.36 Å². The molecule has 0 saturated carbocycles. The molecule has 7 rings (SSSR count). The van der Waals surface area contributed by atoms with E-state index in [1.165, 1.54) is 0 Å². The maximum Gasteiger partial charge on any atom is 0.247 e. The second-order valence-electron chi connectivity index (χ2n) is 19.1. The highest BCUT2D eigenvalue weighted by Crippen LogP contribution is 2.28. The summed E-state index contributed by atoms with van der Waals surface area (Å²) in [4.78, 5) is 51.6. The average molecular weight is 1070 g/mol. The van der Waals surface area contributed by atoms with E-state index in [1.54, 1.807) is 70.3 Å². The summed E-state index contributed by atoms with van der Waals surface area (Å²) in [6.45, 7) is 14.2. The van der Waals surface area contributed by atoms with E-state index in [2.05, 4.69) is 59.6 Å². The maximum atomic E-state index is 14.5. The third-order valence-corrected chi connectivity index (χ3v) is 14.0. The van der Waals surface area contributed by atoms with Crippen molar-refractivity contribution in [1.29, 1.82) is 0 Å². The number of hydrogen-bond acceptors (Lipinski definition) is 19. The monoisotopic (exact) mass is 1070 g/mol. The zero-order valence-electron chi connectivity index (χ0n) is 44.1. The van der Waals surface area contributed by atoms with Gasteiger partial charge < -0.3 is 60.8 Å². The van der Waals surface area contributed by atoms with Gasteiger partial charge in [-0.15, -0.1) is 29.0 Å². The van der Waals surface area contributed by atoms with E-state index in [-0.39, 0.29) is 66.2 Å². The summed E-state index contributed by atoms with van der Waals surface area (Å²) in [5.41, 5.74) is 16.0. The molecular formula is C52H75ClN16O7. The lowest BCUT2D eigenvalue weighted by atomic mass is 9.98. The molecule has 0 aliphatic carbocycles. The van der Waals surface area contributed by atoms with Crippen molar-refractivity contribution in [2.75, 3.05) is 114 Å². The molecule has 0 spiro atoms. The van der Waals surface area contributed by atoms with Crippen molar-refractivity contribution < 1.29 is 34.0 Å². The number of anilines is 3. The number of carbonyl (C=O) groups is 2. The van der Waals surface area contributed by atoms with E-state index in [4.69, 9.17) is 47.1 Å². The molecule has 0 radical (unpaired) electrons. The van der Waals surface area contributed by atoms with Crippen LogP contribution in [0.3, 0.4) is 0 Å². The summed E-state index contributed by atoms with van der Waals surface area (Å²) in [6, 6.07) is 11.6. The Labute approximate surface area is 451 Å². The number of phenols is 2. The summed E-state index contributed by atoms with van der Waals surface area (Å²) in [5.74, 6) is 4.06. The quantitative estimate of drug-likeness (QED) is 0.0372. The first-order valence-electron chi connectivity index (χ1n) is 26.0. The number of amides is 2. The fraction of sp³-hybridized carbons (Fsp3) is 0.558. The van der Waals surface area contributed by atoms with Gasteiger partial charge in [0, 0.05) is 71.7 Å². The van der Waals surface area contributed by atoms with Crippen molar-refractivity contribution in [3.05, 3.63) is 83.4 Å². The molecule has 2 aromatic carbocycles. The summed E-state index contributed by atoms with van der Waals surface area (Å²) in [6.07, 6.45) is 11.2. The number of phenolic OH excluding ortho intramolecular Hbond substituents is 2. The minimum Gasteiger partial charge on any atom is -0.508 e. The molecule has 6 unspecified atom stereocenters. The number of aromatic hydroxyl groups is 2. The Hall–Kier alpha value is -6.68. The maximum absolute atomic E-state index is 14.5. The first-order chi connectivity index (χ1) is 36.3. The van der Waals surface area contributed by atoms with Gasteiger partial charge in [0.05, 0.1) is 68.9 Å². The molecule has 2 aliphatic heterocycles. The molecule has 2 saturated heterocycles. The SMILES string of the molecule is C#CCOCCOCCOCCNc1nc(N2CCN(C(=O)C(Cc3ccc(O)cc3)n3cc(C(N)C(C)CC)nn3)CC2)nc(N2CCN(C(=O)C(Cc3ccc(O)cc3)n3cc(C(N)C(C)CC)nn3)CC2)n1.Cl. The number of nitrogens with zero attached hydrogens (tertiary/aromatic N) is 13. The van der Waals surface area contributed by atoms with E-state index in [0.717, 1.165) is 24.0 Å². The molecule has 5 heterocycles. The molecule has 7 N–H and O–H groups in total. The number of benzene rings is 2. The number of piperazine rings is 2. The third kappa shape index (κ3) is 15.9. The molecule has 0 bridgehead atoms. The number of nitrogens with two attached hydrogens (primary N) is 2. The van der Waals surface area contributed by atoms with Crippen LogP contribution in [0.2, 0.25) is 0 Å². The normalized spacial score (nSPS) is 16.3. The Balaban J connectivity index is 0.00000937.